The van der Waals surface area contributed by atoms with Crippen molar-refractivity contribution in [3.8, 4) is 11.8 Å². The second-order valence-corrected chi connectivity index (χ2v) is 6.42. The van der Waals surface area contributed by atoms with Gasteiger partial charge in [0.05, 0.1) is 23.9 Å². The van der Waals surface area contributed by atoms with Crippen LogP contribution in [0.3, 0.4) is 0 Å². The highest BCUT2D eigenvalue weighted by Crippen LogP contribution is 2.25. The van der Waals surface area contributed by atoms with Gasteiger partial charge in [-0.3, -0.25) is 9.69 Å². The highest BCUT2D eigenvalue weighted by Gasteiger charge is 2.26. The van der Waals surface area contributed by atoms with Crippen LogP contribution in [-0.2, 0) is 4.79 Å². The van der Waals surface area contributed by atoms with Crippen molar-refractivity contribution in [1.82, 2.24) is 10.2 Å². The third-order valence-corrected chi connectivity index (χ3v) is 4.59. The predicted octanol–water partition coefficient (Wildman–Crippen LogP) is 2.87. The van der Waals surface area contributed by atoms with Gasteiger partial charge in [-0.15, -0.1) is 0 Å². The minimum atomic E-state index is -0.626. The quantitative estimate of drug-likeness (QED) is 0.828. The lowest BCUT2D eigenvalue weighted by Gasteiger charge is -2.26. The summed E-state index contributed by atoms with van der Waals surface area (Å²) in [6.45, 7) is 4.22. The normalized spacial score (nSPS) is 16.6. The zero-order valence-electron chi connectivity index (χ0n) is 14.9. The first-order valence-corrected chi connectivity index (χ1v) is 8.89. The summed E-state index contributed by atoms with van der Waals surface area (Å²) < 4.78 is 11.2. The molecule has 0 bridgehead atoms. The van der Waals surface area contributed by atoms with Gasteiger partial charge >= 0.3 is 0 Å². The van der Waals surface area contributed by atoms with E-state index in [4.69, 9.17) is 14.4 Å². The Balaban J connectivity index is 1.56. The van der Waals surface area contributed by atoms with Crippen LogP contribution in [0.4, 0.5) is 0 Å². The fourth-order valence-electron chi connectivity index (χ4n) is 3.15. The average molecular weight is 353 g/mol. The van der Waals surface area contributed by atoms with E-state index < -0.39 is 6.10 Å². The van der Waals surface area contributed by atoms with E-state index in [2.05, 4.69) is 16.3 Å². The number of likely N-dealkylation sites (tertiary alicyclic amines) is 1. The molecule has 136 valence electrons. The predicted molar refractivity (Wildman–Crippen MR) is 96.5 cm³/mol. The number of carbonyl (C=O) groups excluding carboxylic acids is 1. The van der Waals surface area contributed by atoms with Crippen molar-refractivity contribution in [3.05, 3.63) is 54.0 Å². The number of hydrogen-bond acceptors (Lipinski definition) is 5. The summed E-state index contributed by atoms with van der Waals surface area (Å²) in [6, 6.07) is 12.6. The van der Waals surface area contributed by atoms with Crippen molar-refractivity contribution in [2.24, 2.45) is 0 Å². The van der Waals surface area contributed by atoms with Crippen LogP contribution >= 0.6 is 0 Å². The van der Waals surface area contributed by atoms with Gasteiger partial charge in [0, 0.05) is 6.54 Å². The lowest BCUT2D eigenvalue weighted by molar-refractivity contribution is -0.127. The van der Waals surface area contributed by atoms with Crippen LogP contribution < -0.4 is 10.1 Å². The van der Waals surface area contributed by atoms with E-state index in [9.17, 15) is 4.79 Å². The molecule has 1 fully saturated rings. The molecule has 0 saturated carbocycles. The highest BCUT2D eigenvalue weighted by atomic mass is 16.5. The first-order valence-electron chi connectivity index (χ1n) is 8.89. The number of nitrogens with zero attached hydrogens (tertiary/aromatic N) is 2. The monoisotopic (exact) mass is 353 g/mol. The Morgan fingerprint density at radius 2 is 2.04 bits per heavy atom. The first-order chi connectivity index (χ1) is 12.7. The molecule has 2 atom stereocenters. The Morgan fingerprint density at radius 3 is 2.65 bits per heavy atom. The Labute approximate surface area is 153 Å². The van der Waals surface area contributed by atoms with Crippen LogP contribution in [0, 0.1) is 11.3 Å². The van der Waals surface area contributed by atoms with Gasteiger partial charge in [0.1, 0.15) is 11.5 Å². The van der Waals surface area contributed by atoms with Crippen molar-refractivity contribution in [1.29, 1.82) is 5.26 Å². The van der Waals surface area contributed by atoms with Gasteiger partial charge in [-0.25, -0.2) is 0 Å². The van der Waals surface area contributed by atoms with E-state index in [0.717, 1.165) is 18.8 Å². The van der Waals surface area contributed by atoms with Crippen LogP contribution in [-0.4, -0.2) is 36.5 Å². The molecule has 6 heteroatoms. The maximum atomic E-state index is 12.4. The van der Waals surface area contributed by atoms with Crippen molar-refractivity contribution < 1.29 is 13.9 Å². The Hall–Kier alpha value is -2.78. The van der Waals surface area contributed by atoms with E-state index >= 15 is 0 Å². The number of amides is 1. The summed E-state index contributed by atoms with van der Waals surface area (Å²) in [4.78, 5) is 14.8. The summed E-state index contributed by atoms with van der Waals surface area (Å²) in [5.74, 6) is 1.26. The van der Waals surface area contributed by atoms with Gasteiger partial charge in [-0.1, -0.05) is 0 Å². The fraction of sp³-hybridized carbons (Fsp3) is 0.400. The summed E-state index contributed by atoms with van der Waals surface area (Å²) in [5, 5.41) is 11.8. The molecule has 26 heavy (non-hydrogen) atoms. The van der Waals surface area contributed by atoms with Gasteiger partial charge in [0.2, 0.25) is 0 Å². The lowest BCUT2D eigenvalue weighted by atomic mass is 10.2. The van der Waals surface area contributed by atoms with Crippen LogP contribution in [0.2, 0.25) is 0 Å². The molecule has 2 aromatic rings. The Kier molecular flexibility index (Phi) is 5.92. The molecule has 1 aromatic carbocycles. The third kappa shape index (κ3) is 4.44. The standard InChI is InChI=1S/C20H23N3O3/c1-15(26-17-8-6-16(13-21)7-9-17)20(24)22-14-18(19-5-4-12-25-19)23-10-2-3-11-23/h4-9,12,15,18H,2-3,10-11,14H2,1H3,(H,22,24). The summed E-state index contributed by atoms with van der Waals surface area (Å²) >= 11 is 0. The second kappa shape index (κ2) is 8.54. The molecule has 1 aromatic heterocycles. The van der Waals surface area contributed by atoms with Gasteiger partial charge in [-0.05, 0) is 69.3 Å². The van der Waals surface area contributed by atoms with Crippen LogP contribution in [0.5, 0.6) is 5.75 Å². The van der Waals surface area contributed by atoms with E-state index in [1.165, 1.54) is 12.8 Å². The zero-order chi connectivity index (χ0) is 18.4. The molecule has 6 nitrogen and oxygen atoms in total. The highest BCUT2D eigenvalue weighted by molar-refractivity contribution is 5.80. The molecular weight excluding hydrogens is 330 g/mol. The molecule has 1 amide bonds. The maximum absolute atomic E-state index is 12.4. The molecule has 2 unspecified atom stereocenters. The van der Waals surface area contributed by atoms with E-state index in [1.54, 1.807) is 37.5 Å². The summed E-state index contributed by atoms with van der Waals surface area (Å²) in [6.07, 6.45) is 3.38. The third-order valence-electron chi connectivity index (χ3n) is 4.59. The Morgan fingerprint density at radius 1 is 1.31 bits per heavy atom. The van der Waals surface area contributed by atoms with E-state index in [1.807, 2.05) is 12.1 Å². The van der Waals surface area contributed by atoms with Gasteiger partial charge in [-0.2, -0.15) is 5.26 Å². The van der Waals surface area contributed by atoms with Crippen molar-refractivity contribution >= 4 is 5.91 Å². The topological polar surface area (TPSA) is 78.5 Å². The number of carbonyl (C=O) groups is 1. The summed E-state index contributed by atoms with van der Waals surface area (Å²) in [5.41, 5.74) is 0.557. The van der Waals surface area contributed by atoms with Crippen molar-refractivity contribution in [2.45, 2.75) is 31.9 Å². The molecule has 3 rings (SSSR count). The van der Waals surface area contributed by atoms with Gasteiger partial charge in [0.25, 0.3) is 5.91 Å². The molecule has 0 spiro atoms. The Bertz CT molecular complexity index is 744. The minimum absolute atomic E-state index is 0.0403. The largest absolute Gasteiger partial charge is 0.481 e. The number of nitrogens with one attached hydrogen (secondary N) is 1. The number of nitriles is 1. The lowest BCUT2D eigenvalue weighted by Crippen LogP contribution is -2.41. The molecule has 0 aliphatic carbocycles. The molecule has 1 saturated heterocycles. The number of benzene rings is 1. The second-order valence-electron chi connectivity index (χ2n) is 6.42. The zero-order valence-corrected chi connectivity index (χ0v) is 14.9. The molecular formula is C20H23N3O3. The molecule has 1 aliphatic heterocycles. The van der Waals surface area contributed by atoms with Gasteiger partial charge < -0.3 is 14.5 Å². The number of rotatable bonds is 7. The SMILES string of the molecule is CC(Oc1ccc(C#N)cc1)C(=O)NCC(c1ccco1)N1CCCC1. The first kappa shape index (κ1) is 18.0. The van der Waals surface area contributed by atoms with Crippen LogP contribution in [0.15, 0.2) is 47.1 Å². The van der Waals surface area contributed by atoms with Crippen LogP contribution in [0.25, 0.3) is 0 Å². The molecule has 1 N–H and O–H groups in total. The fourth-order valence-corrected chi connectivity index (χ4v) is 3.15. The number of furan rings is 1. The smallest absolute Gasteiger partial charge is 0.260 e. The van der Waals surface area contributed by atoms with E-state index in [-0.39, 0.29) is 11.9 Å². The summed E-state index contributed by atoms with van der Waals surface area (Å²) in [7, 11) is 0. The van der Waals surface area contributed by atoms with E-state index in [0.29, 0.717) is 17.9 Å². The number of hydrogen-bond donors (Lipinski definition) is 1. The molecule has 1 aliphatic rings. The van der Waals surface area contributed by atoms with Crippen molar-refractivity contribution in [2.75, 3.05) is 19.6 Å². The van der Waals surface area contributed by atoms with Crippen LogP contribution in [0.1, 0.15) is 37.1 Å². The average Bonchev–Trinajstić information content (AvgIpc) is 3.37. The van der Waals surface area contributed by atoms with Gasteiger partial charge in [0.15, 0.2) is 6.10 Å². The van der Waals surface area contributed by atoms with Crippen molar-refractivity contribution in [3.63, 3.8) is 0 Å². The number of ether oxygens (including phenoxy) is 1. The molecule has 0 radical (unpaired) electrons. The minimum Gasteiger partial charge on any atom is -0.481 e. The molecule has 2 heterocycles. The maximum Gasteiger partial charge on any atom is 0.260 e.